The van der Waals surface area contributed by atoms with Gasteiger partial charge in [-0.1, -0.05) is 37.3 Å². The zero-order valence-corrected chi connectivity index (χ0v) is 15.2. The van der Waals surface area contributed by atoms with Crippen LogP contribution in [0.5, 0.6) is 0 Å². The fraction of sp³-hybridized carbons (Fsp3) is 0.650. The molecule has 0 aromatic heterocycles. The summed E-state index contributed by atoms with van der Waals surface area (Å²) in [7, 11) is 1.92. The molecule has 0 spiro atoms. The van der Waals surface area contributed by atoms with Gasteiger partial charge >= 0.3 is 0 Å². The van der Waals surface area contributed by atoms with Gasteiger partial charge in [-0.2, -0.15) is 0 Å². The highest BCUT2D eigenvalue weighted by Crippen LogP contribution is 2.21. The molecule has 0 amide bonds. The zero-order chi connectivity index (χ0) is 16.8. The van der Waals surface area contributed by atoms with Gasteiger partial charge in [-0.05, 0) is 50.3 Å². The molecule has 3 rings (SSSR count). The standard InChI is InChI=1S/C20H32N4/c1-3-23-12-7-10-19(23)15-22-20(21-2)24-13-11-18(16-24)14-17-8-5-4-6-9-17/h4-6,8-9,18-19H,3,7,10-16H2,1-2H3,(H,21,22). The number of likely N-dealkylation sites (tertiary alicyclic amines) is 2. The Balaban J connectivity index is 1.48. The van der Waals surface area contributed by atoms with E-state index in [1.54, 1.807) is 0 Å². The van der Waals surface area contributed by atoms with Gasteiger partial charge in [0.05, 0.1) is 0 Å². The normalized spacial score (nSPS) is 25.4. The van der Waals surface area contributed by atoms with Crippen LogP contribution in [0.1, 0.15) is 31.7 Å². The lowest BCUT2D eigenvalue weighted by Gasteiger charge is -2.27. The maximum absolute atomic E-state index is 4.54. The number of rotatable bonds is 5. The molecule has 2 aliphatic heterocycles. The highest BCUT2D eigenvalue weighted by atomic mass is 15.3. The number of aliphatic imine (C=N–C) groups is 1. The van der Waals surface area contributed by atoms with Crippen molar-refractivity contribution in [2.45, 2.75) is 38.6 Å². The van der Waals surface area contributed by atoms with Gasteiger partial charge in [-0.15, -0.1) is 0 Å². The lowest BCUT2D eigenvalue weighted by molar-refractivity contribution is 0.265. The van der Waals surface area contributed by atoms with E-state index in [2.05, 4.69) is 57.4 Å². The average Bonchev–Trinajstić information content (AvgIpc) is 3.26. The Morgan fingerprint density at radius 2 is 2.04 bits per heavy atom. The summed E-state index contributed by atoms with van der Waals surface area (Å²) in [6.07, 6.45) is 5.09. The molecule has 0 bridgehead atoms. The van der Waals surface area contributed by atoms with E-state index >= 15 is 0 Å². The number of hydrogen-bond acceptors (Lipinski definition) is 2. The Hall–Kier alpha value is -1.55. The van der Waals surface area contributed by atoms with Gasteiger partial charge in [0.1, 0.15) is 0 Å². The predicted octanol–water partition coefficient (Wildman–Crippen LogP) is 2.61. The predicted molar refractivity (Wildman–Crippen MR) is 101 cm³/mol. The van der Waals surface area contributed by atoms with Gasteiger partial charge in [-0.3, -0.25) is 9.89 Å². The van der Waals surface area contributed by atoms with Gasteiger partial charge in [0.25, 0.3) is 0 Å². The summed E-state index contributed by atoms with van der Waals surface area (Å²) in [4.78, 5) is 9.57. The van der Waals surface area contributed by atoms with E-state index in [4.69, 9.17) is 0 Å². The monoisotopic (exact) mass is 328 g/mol. The molecule has 2 unspecified atom stereocenters. The Morgan fingerprint density at radius 3 is 2.79 bits per heavy atom. The smallest absolute Gasteiger partial charge is 0.193 e. The van der Waals surface area contributed by atoms with Gasteiger partial charge < -0.3 is 10.2 Å². The molecule has 1 N–H and O–H groups in total. The third-order valence-electron chi connectivity index (χ3n) is 5.57. The maximum atomic E-state index is 4.54. The highest BCUT2D eigenvalue weighted by Gasteiger charge is 2.27. The van der Waals surface area contributed by atoms with E-state index in [0.717, 1.165) is 38.1 Å². The van der Waals surface area contributed by atoms with Crippen LogP contribution in [0.25, 0.3) is 0 Å². The van der Waals surface area contributed by atoms with Crippen LogP contribution < -0.4 is 5.32 Å². The summed E-state index contributed by atoms with van der Waals surface area (Å²) in [5.74, 6) is 1.83. The van der Waals surface area contributed by atoms with Gasteiger partial charge in [0.2, 0.25) is 0 Å². The number of nitrogens with one attached hydrogen (secondary N) is 1. The molecule has 2 aliphatic rings. The van der Waals surface area contributed by atoms with Gasteiger partial charge in [0.15, 0.2) is 5.96 Å². The van der Waals surface area contributed by atoms with Crippen LogP contribution in [0, 0.1) is 5.92 Å². The van der Waals surface area contributed by atoms with E-state index in [1.165, 1.54) is 37.8 Å². The maximum Gasteiger partial charge on any atom is 0.193 e. The summed E-state index contributed by atoms with van der Waals surface area (Å²) in [6, 6.07) is 11.5. The first kappa shape index (κ1) is 17.3. The van der Waals surface area contributed by atoms with Crippen molar-refractivity contribution < 1.29 is 0 Å². The van der Waals surface area contributed by atoms with Crippen molar-refractivity contribution in [1.82, 2.24) is 15.1 Å². The molecule has 24 heavy (non-hydrogen) atoms. The Morgan fingerprint density at radius 1 is 1.21 bits per heavy atom. The zero-order valence-electron chi connectivity index (χ0n) is 15.2. The number of hydrogen-bond donors (Lipinski definition) is 1. The van der Waals surface area contributed by atoms with Crippen molar-refractivity contribution in [2.24, 2.45) is 10.9 Å². The summed E-state index contributed by atoms with van der Waals surface area (Å²) < 4.78 is 0. The van der Waals surface area contributed by atoms with Crippen molar-refractivity contribution in [3.05, 3.63) is 35.9 Å². The van der Waals surface area contributed by atoms with Crippen molar-refractivity contribution in [2.75, 3.05) is 39.8 Å². The second-order valence-electron chi connectivity index (χ2n) is 7.14. The quantitative estimate of drug-likeness (QED) is 0.666. The van der Waals surface area contributed by atoms with Crippen LogP contribution in [0.3, 0.4) is 0 Å². The average molecular weight is 329 g/mol. The molecule has 2 fully saturated rings. The van der Waals surface area contributed by atoms with E-state index in [1.807, 2.05) is 7.05 Å². The Bertz CT molecular complexity index is 528. The minimum atomic E-state index is 0.675. The SMILES string of the molecule is CCN1CCCC1CNC(=NC)N1CCC(Cc2ccccc2)C1. The van der Waals surface area contributed by atoms with Crippen LogP contribution in [0.15, 0.2) is 35.3 Å². The van der Waals surface area contributed by atoms with E-state index in [-0.39, 0.29) is 0 Å². The topological polar surface area (TPSA) is 30.9 Å². The lowest BCUT2D eigenvalue weighted by atomic mass is 9.99. The first-order valence-electron chi connectivity index (χ1n) is 9.53. The molecule has 2 heterocycles. The fourth-order valence-electron chi connectivity index (χ4n) is 4.22. The highest BCUT2D eigenvalue weighted by molar-refractivity contribution is 5.80. The lowest BCUT2D eigenvalue weighted by Crippen LogP contribution is -2.46. The Labute approximate surface area is 146 Å². The molecule has 132 valence electrons. The molecule has 2 saturated heterocycles. The molecular weight excluding hydrogens is 296 g/mol. The van der Waals surface area contributed by atoms with E-state index < -0.39 is 0 Å². The minimum absolute atomic E-state index is 0.675. The molecule has 0 aliphatic carbocycles. The van der Waals surface area contributed by atoms with Crippen molar-refractivity contribution in [3.8, 4) is 0 Å². The van der Waals surface area contributed by atoms with Gasteiger partial charge in [-0.25, -0.2) is 0 Å². The van der Waals surface area contributed by atoms with Crippen molar-refractivity contribution >= 4 is 5.96 Å². The van der Waals surface area contributed by atoms with Crippen LogP contribution in [0.2, 0.25) is 0 Å². The molecule has 4 heteroatoms. The van der Waals surface area contributed by atoms with Crippen LogP contribution in [-0.2, 0) is 6.42 Å². The number of nitrogens with zero attached hydrogens (tertiary/aromatic N) is 3. The molecule has 2 atom stereocenters. The fourth-order valence-corrected chi connectivity index (χ4v) is 4.22. The number of likely N-dealkylation sites (N-methyl/N-ethyl adjacent to an activating group) is 1. The van der Waals surface area contributed by atoms with Crippen molar-refractivity contribution in [3.63, 3.8) is 0 Å². The third kappa shape index (κ3) is 4.29. The largest absolute Gasteiger partial charge is 0.355 e. The van der Waals surface area contributed by atoms with Crippen LogP contribution in [-0.4, -0.2) is 61.6 Å². The molecule has 0 saturated carbocycles. The second-order valence-corrected chi connectivity index (χ2v) is 7.14. The molecule has 4 nitrogen and oxygen atoms in total. The summed E-state index contributed by atoms with van der Waals surface area (Å²) in [5.41, 5.74) is 1.46. The number of benzene rings is 1. The first-order valence-corrected chi connectivity index (χ1v) is 9.53. The first-order chi connectivity index (χ1) is 11.8. The summed E-state index contributed by atoms with van der Waals surface area (Å²) in [5, 5.41) is 3.64. The summed E-state index contributed by atoms with van der Waals surface area (Å²) in [6.45, 7) is 7.95. The molecule has 0 radical (unpaired) electrons. The summed E-state index contributed by atoms with van der Waals surface area (Å²) >= 11 is 0. The number of guanidine groups is 1. The minimum Gasteiger partial charge on any atom is -0.355 e. The second kappa shape index (κ2) is 8.52. The Kier molecular flexibility index (Phi) is 6.13. The molecule has 1 aromatic carbocycles. The van der Waals surface area contributed by atoms with E-state index in [0.29, 0.717) is 6.04 Å². The molecule has 1 aromatic rings. The van der Waals surface area contributed by atoms with Crippen molar-refractivity contribution in [1.29, 1.82) is 0 Å². The van der Waals surface area contributed by atoms with Crippen LogP contribution in [0.4, 0.5) is 0 Å². The van der Waals surface area contributed by atoms with E-state index in [9.17, 15) is 0 Å². The third-order valence-corrected chi connectivity index (χ3v) is 5.57. The van der Waals surface area contributed by atoms with Gasteiger partial charge in [0, 0.05) is 32.7 Å². The molecular formula is C20H32N4. The van der Waals surface area contributed by atoms with Crippen LogP contribution >= 0.6 is 0 Å².